The van der Waals surface area contributed by atoms with Gasteiger partial charge in [-0.05, 0) is 58.3 Å². The summed E-state index contributed by atoms with van der Waals surface area (Å²) < 4.78 is 53.5. The molecular weight excluding hydrogens is 507 g/mol. The van der Waals surface area contributed by atoms with Crippen LogP contribution in [-0.2, 0) is 0 Å². The van der Waals surface area contributed by atoms with Gasteiger partial charge in [0, 0.05) is 24.7 Å². The molecule has 1 amide bonds. The van der Waals surface area contributed by atoms with Crippen LogP contribution < -0.4 is 19.1 Å². The second-order valence-corrected chi connectivity index (χ2v) is 8.47. The Morgan fingerprint density at radius 1 is 1.00 bits per heavy atom. The highest BCUT2D eigenvalue weighted by Gasteiger charge is 2.31. The number of halogens is 4. The van der Waals surface area contributed by atoms with Crippen LogP contribution in [0.5, 0.6) is 17.2 Å². The summed E-state index contributed by atoms with van der Waals surface area (Å²) in [5.74, 6) is 0.352. The lowest BCUT2D eigenvalue weighted by atomic mass is 10.1. The topological polar surface area (TPSA) is 64.1 Å². The summed E-state index contributed by atoms with van der Waals surface area (Å²) in [6.45, 7) is 5.44. The van der Waals surface area contributed by atoms with Gasteiger partial charge < -0.3 is 19.1 Å². The first-order valence-corrected chi connectivity index (χ1v) is 11.5. The maximum Gasteiger partial charge on any atom is 0.573 e. The number of amides is 1. The van der Waals surface area contributed by atoms with E-state index < -0.39 is 6.36 Å². The zero-order valence-corrected chi connectivity index (χ0v) is 21.4. The van der Waals surface area contributed by atoms with E-state index in [-0.39, 0.29) is 24.1 Å². The monoisotopic (exact) mass is 533 g/mol. The molecule has 0 aliphatic carbocycles. The third-order valence-corrected chi connectivity index (χ3v) is 5.66. The van der Waals surface area contributed by atoms with Gasteiger partial charge in [-0.1, -0.05) is 11.3 Å². The number of ether oxygens (including phenoxy) is 3. The fourth-order valence-corrected chi connectivity index (χ4v) is 4.15. The first-order valence-electron chi connectivity index (χ1n) is 10.6. The molecule has 0 atom stereocenters. The highest BCUT2D eigenvalue weighted by atomic mass is 35.5. The fourth-order valence-electron chi connectivity index (χ4n) is 3.13. The van der Waals surface area contributed by atoms with E-state index in [1.165, 1.54) is 23.1 Å². The quantitative estimate of drug-likeness (QED) is 0.337. The Morgan fingerprint density at radius 2 is 1.69 bits per heavy atom. The second-order valence-electron chi connectivity index (χ2n) is 7.46. The standard InChI is InChI=1S/C23H26F3N3O4S.ClH/c1-5-31-18-10-7-15(13-19(18)32-6-2)21(30)29(12-11-28(3)4)22-27-17-9-8-16(14-20(17)34-22)33-23(24,25)26;/h7-10,13-14H,5-6,11-12H2,1-4H3;1H. The second kappa shape index (κ2) is 12.3. The number of hydrogen-bond donors (Lipinski definition) is 0. The molecule has 3 rings (SSSR count). The molecule has 12 heteroatoms. The molecule has 0 bridgehead atoms. The van der Waals surface area contributed by atoms with Gasteiger partial charge in [0.15, 0.2) is 16.6 Å². The fraction of sp³-hybridized carbons (Fsp3) is 0.391. The summed E-state index contributed by atoms with van der Waals surface area (Å²) in [6, 6.07) is 8.87. The molecule has 0 unspecified atom stereocenters. The van der Waals surface area contributed by atoms with Crippen molar-refractivity contribution in [3.05, 3.63) is 42.0 Å². The average Bonchev–Trinajstić information content (AvgIpc) is 3.17. The van der Waals surface area contributed by atoms with Crippen molar-refractivity contribution in [2.75, 3.05) is 45.3 Å². The molecule has 3 aromatic rings. The molecular formula is C23H27ClF3N3O4S. The number of rotatable bonds is 10. The number of fused-ring (bicyclic) bond motifs is 1. The lowest BCUT2D eigenvalue weighted by Gasteiger charge is -2.22. The third kappa shape index (κ3) is 7.61. The van der Waals surface area contributed by atoms with Crippen LogP contribution in [-0.4, -0.2) is 62.6 Å². The maximum atomic E-state index is 13.5. The van der Waals surface area contributed by atoms with Crippen molar-refractivity contribution in [2.45, 2.75) is 20.2 Å². The van der Waals surface area contributed by atoms with E-state index in [1.807, 2.05) is 32.8 Å². The smallest absolute Gasteiger partial charge is 0.490 e. The van der Waals surface area contributed by atoms with Crippen molar-refractivity contribution in [3.8, 4) is 17.2 Å². The molecule has 192 valence electrons. The van der Waals surface area contributed by atoms with Gasteiger partial charge in [-0.3, -0.25) is 9.69 Å². The Bertz CT molecular complexity index is 1140. The van der Waals surface area contributed by atoms with Crippen molar-refractivity contribution in [1.82, 2.24) is 9.88 Å². The Labute approximate surface area is 211 Å². The molecule has 0 spiro atoms. The minimum atomic E-state index is -4.79. The van der Waals surface area contributed by atoms with Crippen LogP contribution >= 0.6 is 23.7 Å². The highest BCUT2D eigenvalue weighted by Crippen LogP contribution is 2.35. The molecule has 0 aliphatic rings. The first-order chi connectivity index (χ1) is 16.1. The number of carbonyl (C=O) groups is 1. The number of aromatic nitrogens is 1. The molecule has 0 N–H and O–H groups in total. The molecule has 1 aromatic heterocycles. The van der Waals surface area contributed by atoms with E-state index in [0.29, 0.717) is 58.7 Å². The van der Waals surface area contributed by atoms with E-state index >= 15 is 0 Å². The van der Waals surface area contributed by atoms with Crippen molar-refractivity contribution >= 4 is 45.0 Å². The molecule has 2 aromatic carbocycles. The Hall–Kier alpha value is -2.76. The third-order valence-electron chi connectivity index (χ3n) is 4.62. The molecule has 0 aliphatic heterocycles. The van der Waals surface area contributed by atoms with E-state index in [1.54, 1.807) is 18.2 Å². The molecule has 1 heterocycles. The minimum Gasteiger partial charge on any atom is -0.490 e. The van der Waals surface area contributed by atoms with Gasteiger partial charge in [-0.2, -0.15) is 0 Å². The summed E-state index contributed by atoms with van der Waals surface area (Å²) in [4.78, 5) is 21.4. The number of thiazole rings is 1. The van der Waals surface area contributed by atoms with Crippen LogP contribution in [0, 0.1) is 0 Å². The zero-order chi connectivity index (χ0) is 24.9. The molecule has 0 saturated carbocycles. The Balaban J connectivity index is 0.00000432. The van der Waals surface area contributed by atoms with Gasteiger partial charge in [-0.15, -0.1) is 25.6 Å². The van der Waals surface area contributed by atoms with E-state index in [4.69, 9.17) is 9.47 Å². The van der Waals surface area contributed by atoms with Gasteiger partial charge in [0.25, 0.3) is 5.91 Å². The number of nitrogens with zero attached hydrogens (tertiary/aromatic N) is 3. The zero-order valence-electron chi connectivity index (χ0n) is 19.7. The molecule has 0 fully saturated rings. The van der Waals surface area contributed by atoms with Crippen molar-refractivity contribution in [3.63, 3.8) is 0 Å². The number of hydrogen-bond acceptors (Lipinski definition) is 7. The maximum absolute atomic E-state index is 13.5. The van der Waals surface area contributed by atoms with Gasteiger partial charge >= 0.3 is 6.36 Å². The number of likely N-dealkylation sites (N-methyl/N-ethyl adjacent to an activating group) is 1. The van der Waals surface area contributed by atoms with E-state index in [0.717, 1.165) is 11.3 Å². The van der Waals surface area contributed by atoms with E-state index in [2.05, 4.69) is 9.72 Å². The van der Waals surface area contributed by atoms with Crippen LogP contribution in [0.3, 0.4) is 0 Å². The summed E-state index contributed by atoms with van der Waals surface area (Å²) in [5.41, 5.74) is 0.852. The van der Waals surface area contributed by atoms with E-state index in [9.17, 15) is 18.0 Å². The normalized spacial score (nSPS) is 11.3. The summed E-state index contributed by atoms with van der Waals surface area (Å²) >= 11 is 1.12. The van der Waals surface area contributed by atoms with Crippen LogP contribution in [0.2, 0.25) is 0 Å². The number of alkyl halides is 3. The van der Waals surface area contributed by atoms with Crippen LogP contribution in [0.1, 0.15) is 24.2 Å². The number of anilines is 1. The lowest BCUT2D eigenvalue weighted by Crippen LogP contribution is -2.36. The van der Waals surface area contributed by atoms with Crippen LogP contribution in [0.15, 0.2) is 36.4 Å². The average molecular weight is 534 g/mol. The van der Waals surface area contributed by atoms with Gasteiger partial charge in [0.2, 0.25) is 0 Å². The van der Waals surface area contributed by atoms with Crippen molar-refractivity contribution < 1.29 is 32.2 Å². The van der Waals surface area contributed by atoms with Crippen LogP contribution in [0.4, 0.5) is 18.3 Å². The molecule has 0 saturated heterocycles. The Kier molecular flexibility index (Phi) is 9.99. The first kappa shape index (κ1) is 28.5. The van der Waals surface area contributed by atoms with Gasteiger partial charge in [-0.25, -0.2) is 4.98 Å². The van der Waals surface area contributed by atoms with Crippen molar-refractivity contribution in [1.29, 1.82) is 0 Å². The predicted octanol–water partition coefficient (Wildman–Crippen LogP) is 5.62. The SMILES string of the molecule is CCOc1ccc(C(=O)N(CCN(C)C)c2nc3ccc(OC(F)(F)F)cc3s2)cc1OCC.Cl. The summed E-state index contributed by atoms with van der Waals surface area (Å²) in [5, 5.41) is 0.373. The summed E-state index contributed by atoms with van der Waals surface area (Å²) in [7, 11) is 3.76. The Morgan fingerprint density at radius 3 is 2.31 bits per heavy atom. The van der Waals surface area contributed by atoms with Gasteiger partial charge in [0.05, 0.1) is 23.4 Å². The lowest BCUT2D eigenvalue weighted by molar-refractivity contribution is -0.274. The molecule has 0 radical (unpaired) electrons. The molecule has 7 nitrogen and oxygen atoms in total. The summed E-state index contributed by atoms with van der Waals surface area (Å²) in [6.07, 6.45) is -4.79. The highest BCUT2D eigenvalue weighted by molar-refractivity contribution is 7.22. The number of carbonyl (C=O) groups excluding carboxylic acids is 1. The predicted molar refractivity (Wildman–Crippen MR) is 133 cm³/mol. The van der Waals surface area contributed by atoms with Gasteiger partial charge in [0.1, 0.15) is 5.75 Å². The molecule has 35 heavy (non-hydrogen) atoms. The largest absolute Gasteiger partial charge is 0.573 e. The number of benzene rings is 2. The van der Waals surface area contributed by atoms with Crippen LogP contribution in [0.25, 0.3) is 10.2 Å². The minimum absolute atomic E-state index is 0. The van der Waals surface area contributed by atoms with Crippen molar-refractivity contribution in [2.24, 2.45) is 0 Å².